The summed E-state index contributed by atoms with van der Waals surface area (Å²) in [5, 5.41) is 3.87. The Labute approximate surface area is 118 Å². The third kappa shape index (κ3) is 3.75. The number of hydrogen-bond acceptors (Lipinski definition) is 3. The average Bonchev–Trinajstić information content (AvgIpc) is 2.83. The molecule has 3 nitrogen and oxygen atoms in total. The molecule has 0 bridgehead atoms. The first kappa shape index (κ1) is 14.0. The summed E-state index contributed by atoms with van der Waals surface area (Å²) in [6.07, 6.45) is 1.68. The molecule has 102 valence electrons. The van der Waals surface area contributed by atoms with Gasteiger partial charge in [-0.2, -0.15) is 0 Å². The topological polar surface area (TPSA) is 34.4 Å². The maximum Gasteiger partial charge on any atom is 0.138 e. The lowest BCUT2D eigenvalue weighted by Crippen LogP contribution is -2.12. The molecule has 1 aromatic heterocycles. The van der Waals surface area contributed by atoms with E-state index >= 15 is 0 Å². The fourth-order valence-electron chi connectivity index (χ4n) is 1.77. The van der Waals surface area contributed by atoms with Gasteiger partial charge in [-0.15, -0.1) is 0 Å². The van der Waals surface area contributed by atoms with Gasteiger partial charge in [0.1, 0.15) is 18.1 Å². The normalized spacial score (nSPS) is 10.7. The summed E-state index contributed by atoms with van der Waals surface area (Å²) in [7, 11) is 0. The molecule has 0 aliphatic rings. The molecule has 0 radical (unpaired) electrons. The highest BCUT2D eigenvalue weighted by Crippen LogP contribution is 2.26. The molecule has 0 saturated carbocycles. The minimum atomic E-state index is 0.458. The van der Waals surface area contributed by atoms with Crippen molar-refractivity contribution in [1.29, 1.82) is 0 Å². The van der Waals surface area contributed by atoms with Crippen LogP contribution in [0.2, 0.25) is 5.02 Å². The van der Waals surface area contributed by atoms with Crippen LogP contribution in [-0.4, -0.2) is 6.54 Å². The molecule has 0 unspecified atom stereocenters. The number of aryl methyl sites for hydroxylation is 1. The van der Waals surface area contributed by atoms with Crippen LogP contribution >= 0.6 is 11.6 Å². The molecule has 4 heteroatoms. The number of ether oxygens (including phenoxy) is 1. The highest BCUT2D eigenvalue weighted by Gasteiger charge is 2.08. The molecule has 2 aromatic rings. The Morgan fingerprint density at radius 1 is 1.32 bits per heavy atom. The number of nitrogens with one attached hydrogen (secondary N) is 1. The van der Waals surface area contributed by atoms with E-state index in [2.05, 4.69) is 12.2 Å². The van der Waals surface area contributed by atoms with Gasteiger partial charge in [-0.25, -0.2) is 0 Å². The number of benzene rings is 1. The third-order valence-electron chi connectivity index (χ3n) is 2.84. The van der Waals surface area contributed by atoms with E-state index in [1.54, 1.807) is 6.26 Å². The third-order valence-corrected chi connectivity index (χ3v) is 3.14. The smallest absolute Gasteiger partial charge is 0.138 e. The van der Waals surface area contributed by atoms with Crippen molar-refractivity contribution < 1.29 is 9.15 Å². The van der Waals surface area contributed by atoms with Gasteiger partial charge in [-0.05, 0) is 37.2 Å². The maximum absolute atomic E-state index is 6.13. The van der Waals surface area contributed by atoms with E-state index in [4.69, 9.17) is 20.8 Å². The maximum atomic E-state index is 6.13. The molecule has 19 heavy (non-hydrogen) atoms. The summed E-state index contributed by atoms with van der Waals surface area (Å²) >= 11 is 6.13. The summed E-state index contributed by atoms with van der Waals surface area (Å²) in [5.41, 5.74) is 2.16. The zero-order valence-corrected chi connectivity index (χ0v) is 12.0. The minimum Gasteiger partial charge on any atom is -0.487 e. The molecule has 1 N–H and O–H groups in total. The van der Waals surface area contributed by atoms with E-state index in [0.29, 0.717) is 23.9 Å². The quantitative estimate of drug-likeness (QED) is 0.870. The molecule has 0 amide bonds. The summed E-state index contributed by atoms with van der Waals surface area (Å²) in [6, 6.07) is 7.69. The number of hydrogen-bond donors (Lipinski definition) is 1. The molecule has 2 rings (SSSR count). The zero-order chi connectivity index (χ0) is 13.7. The van der Waals surface area contributed by atoms with Crippen LogP contribution in [0.5, 0.6) is 5.75 Å². The molecule has 0 saturated heterocycles. The van der Waals surface area contributed by atoms with Gasteiger partial charge in [0.2, 0.25) is 0 Å². The first-order chi connectivity index (χ1) is 9.20. The number of furan rings is 1. The van der Waals surface area contributed by atoms with E-state index in [1.807, 2.05) is 31.2 Å². The highest BCUT2D eigenvalue weighted by atomic mass is 35.5. The standard InChI is InChI=1S/C15H18ClNO2/c1-3-17-9-15-12(6-7-18-15)10-19-14-5-4-11(2)8-13(14)16/h4-8,17H,3,9-10H2,1-2H3. The van der Waals surface area contributed by atoms with E-state index in [9.17, 15) is 0 Å². The van der Waals surface area contributed by atoms with Crippen molar-refractivity contribution in [2.45, 2.75) is 27.0 Å². The molecule has 1 heterocycles. The van der Waals surface area contributed by atoms with Gasteiger partial charge in [-0.3, -0.25) is 0 Å². The molecule has 0 atom stereocenters. The number of halogens is 1. The molecular formula is C15H18ClNO2. The Morgan fingerprint density at radius 3 is 2.89 bits per heavy atom. The molecule has 0 spiro atoms. The monoisotopic (exact) mass is 279 g/mol. The van der Waals surface area contributed by atoms with Crippen LogP contribution in [0.4, 0.5) is 0 Å². The van der Waals surface area contributed by atoms with Crippen molar-refractivity contribution in [3.63, 3.8) is 0 Å². The second-order valence-electron chi connectivity index (χ2n) is 4.37. The second-order valence-corrected chi connectivity index (χ2v) is 4.78. The summed E-state index contributed by atoms with van der Waals surface area (Å²) in [4.78, 5) is 0. The van der Waals surface area contributed by atoms with Crippen LogP contribution in [0.25, 0.3) is 0 Å². The fourth-order valence-corrected chi connectivity index (χ4v) is 2.06. The Bertz CT molecular complexity index is 537. The first-order valence-corrected chi connectivity index (χ1v) is 6.73. The van der Waals surface area contributed by atoms with Crippen molar-refractivity contribution in [1.82, 2.24) is 5.32 Å². The van der Waals surface area contributed by atoms with Gasteiger partial charge in [0.15, 0.2) is 0 Å². The molecule has 0 aliphatic heterocycles. The Balaban J connectivity index is 2.00. The summed E-state index contributed by atoms with van der Waals surface area (Å²) < 4.78 is 11.2. The summed E-state index contributed by atoms with van der Waals surface area (Å²) in [5.74, 6) is 1.60. The van der Waals surface area contributed by atoms with Crippen LogP contribution in [-0.2, 0) is 13.2 Å². The zero-order valence-electron chi connectivity index (χ0n) is 11.2. The van der Waals surface area contributed by atoms with Crippen LogP contribution in [0.3, 0.4) is 0 Å². The second kappa shape index (κ2) is 6.64. The first-order valence-electron chi connectivity index (χ1n) is 6.35. The van der Waals surface area contributed by atoms with Crippen molar-refractivity contribution >= 4 is 11.6 Å². The predicted molar refractivity (Wildman–Crippen MR) is 76.6 cm³/mol. The lowest BCUT2D eigenvalue weighted by molar-refractivity contribution is 0.301. The Kier molecular flexibility index (Phi) is 4.88. The van der Waals surface area contributed by atoms with Crippen LogP contribution in [0, 0.1) is 6.92 Å². The SMILES string of the molecule is CCNCc1occc1COc1ccc(C)cc1Cl. The van der Waals surface area contributed by atoms with E-state index in [-0.39, 0.29) is 0 Å². The van der Waals surface area contributed by atoms with Gasteiger partial charge >= 0.3 is 0 Å². The van der Waals surface area contributed by atoms with Crippen LogP contribution in [0.15, 0.2) is 34.9 Å². The fraction of sp³-hybridized carbons (Fsp3) is 0.333. The Morgan fingerprint density at radius 2 is 2.16 bits per heavy atom. The van der Waals surface area contributed by atoms with Gasteiger partial charge in [-0.1, -0.05) is 24.6 Å². The van der Waals surface area contributed by atoms with Gasteiger partial charge < -0.3 is 14.5 Å². The van der Waals surface area contributed by atoms with E-state index in [1.165, 1.54) is 0 Å². The van der Waals surface area contributed by atoms with E-state index in [0.717, 1.165) is 23.4 Å². The Hall–Kier alpha value is -1.45. The number of rotatable bonds is 6. The van der Waals surface area contributed by atoms with Gasteiger partial charge in [0.25, 0.3) is 0 Å². The van der Waals surface area contributed by atoms with Crippen LogP contribution in [0.1, 0.15) is 23.8 Å². The largest absolute Gasteiger partial charge is 0.487 e. The van der Waals surface area contributed by atoms with Crippen molar-refractivity contribution in [3.05, 3.63) is 52.4 Å². The van der Waals surface area contributed by atoms with Gasteiger partial charge in [0.05, 0.1) is 17.8 Å². The van der Waals surface area contributed by atoms with E-state index < -0.39 is 0 Å². The van der Waals surface area contributed by atoms with Gasteiger partial charge in [0, 0.05) is 5.56 Å². The summed E-state index contributed by atoms with van der Waals surface area (Å²) in [6.45, 7) is 6.14. The lowest BCUT2D eigenvalue weighted by atomic mass is 10.2. The lowest BCUT2D eigenvalue weighted by Gasteiger charge is -2.09. The van der Waals surface area contributed by atoms with Crippen molar-refractivity contribution in [3.8, 4) is 5.75 Å². The molecular weight excluding hydrogens is 262 g/mol. The van der Waals surface area contributed by atoms with Crippen molar-refractivity contribution in [2.75, 3.05) is 6.54 Å². The predicted octanol–water partition coefficient (Wildman–Crippen LogP) is 3.93. The highest BCUT2D eigenvalue weighted by molar-refractivity contribution is 6.32. The molecule has 0 fully saturated rings. The minimum absolute atomic E-state index is 0.458. The molecule has 1 aromatic carbocycles. The van der Waals surface area contributed by atoms with Crippen molar-refractivity contribution in [2.24, 2.45) is 0 Å². The average molecular weight is 280 g/mol. The van der Waals surface area contributed by atoms with Crippen LogP contribution < -0.4 is 10.1 Å². The molecule has 0 aliphatic carbocycles.